The highest BCUT2D eigenvalue weighted by Crippen LogP contribution is 1.95. The van der Waals surface area contributed by atoms with Crippen LogP contribution in [0.4, 0.5) is 0 Å². The molecule has 0 spiro atoms. The number of aldehydes is 1. The average molecular weight is 151 g/mol. The number of aliphatic hydroxyl groups is 1. The maximum Gasteiger partial charge on any atom is 0.160 e. The summed E-state index contributed by atoms with van der Waals surface area (Å²) in [5.74, 6) is 0. The Labute approximate surface area is 43.6 Å². The molecule has 0 rings (SSSR count). The van der Waals surface area contributed by atoms with Crippen molar-refractivity contribution < 1.29 is 9.90 Å². The molecule has 3 heteroatoms. The Morgan fingerprint density at radius 3 is 2.33 bits per heavy atom. The van der Waals surface area contributed by atoms with Crippen LogP contribution in [0.5, 0.6) is 0 Å². The minimum atomic E-state index is 0.155. The molecule has 2 nitrogen and oxygen atoms in total. The third-order valence-electron chi connectivity index (χ3n) is 0.236. The number of carbonyl (C=O) groups excluding carboxylic acids is 1. The van der Waals surface area contributed by atoms with Crippen molar-refractivity contribution in [1.82, 2.24) is 0 Å². The first-order valence-electron chi connectivity index (χ1n) is 1.26. The van der Waals surface area contributed by atoms with E-state index in [0.29, 0.717) is 12.5 Å². The first kappa shape index (κ1) is 5.69. The zero-order chi connectivity index (χ0) is 4.99. The lowest BCUT2D eigenvalue weighted by molar-refractivity contribution is -0.104. The number of hydrogen-bond donors (Lipinski definition) is 1. The van der Waals surface area contributed by atoms with Crippen LogP contribution in [0, 0.1) is 0 Å². The van der Waals surface area contributed by atoms with Gasteiger partial charge in [-0.1, -0.05) is 0 Å². The van der Waals surface area contributed by atoms with Crippen LogP contribution in [-0.2, 0) is 4.79 Å². The molecule has 0 aromatic rings. The van der Waals surface area contributed by atoms with E-state index in [1.54, 1.807) is 0 Å². The molecule has 0 bridgehead atoms. The maximum atomic E-state index is 9.46. The lowest BCUT2D eigenvalue weighted by atomic mass is 10.7. The minimum absolute atomic E-state index is 0.155. The van der Waals surface area contributed by atoms with Crippen LogP contribution in [0.1, 0.15) is 0 Å². The minimum Gasteiger partial charge on any atom is -0.514 e. The van der Waals surface area contributed by atoms with Crippen LogP contribution in [0.3, 0.4) is 0 Å². The van der Waals surface area contributed by atoms with Crippen LogP contribution in [-0.4, -0.2) is 11.4 Å². The Morgan fingerprint density at radius 2 is 2.33 bits per heavy atom. The van der Waals surface area contributed by atoms with Crippen molar-refractivity contribution >= 4 is 22.2 Å². The summed E-state index contributed by atoms with van der Waals surface area (Å²) in [5.41, 5.74) is 0. The molecule has 0 unspecified atom stereocenters. The second-order valence-electron chi connectivity index (χ2n) is 0.632. The van der Waals surface area contributed by atoms with E-state index in [-0.39, 0.29) is 4.48 Å². The molecule has 0 radical (unpaired) electrons. The summed E-state index contributed by atoms with van der Waals surface area (Å²) >= 11 is 2.72. The molecule has 6 heavy (non-hydrogen) atoms. The number of carbonyl (C=O) groups is 1. The summed E-state index contributed by atoms with van der Waals surface area (Å²) in [5, 5.41) is 7.89. The van der Waals surface area contributed by atoms with Crippen molar-refractivity contribution in [3.05, 3.63) is 10.7 Å². The standard InChI is InChI=1S/C3H3BrO2/c4-3(1-5)2-6/h1-2,5H/b3-1+. The Hall–Kier alpha value is -0.310. The van der Waals surface area contributed by atoms with Crippen LogP contribution in [0.25, 0.3) is 0 Å². The van der Waals surface area contributed by atoms with Gasteiger partial charge in [0, 0.05) is 0 Å². The first-order valence-corrected chi connectivity index (χ1v) is 2.05. The molecule has 0 saturated heterocycles. The molecule has 0 aliphatic rings. The Bertz CT molecular complexity index is 76.9. The van der Waals surface area contributed by atoms with Crippen molar-refractivity contribution in [2.24, 2.45) is 0 Å². The normalized spacial score (nSPS) is 11.2. The summed E-state index contributed by atoms with van der Waals surface area (Å²) in [6, 6.07) is 0. The molecule has 0 saturated carbocycles. The van der Waals surface area contributed by atoms with E-state index in [9.17, 15) is 4.79 Å². The van der Waals surface area contributed by atoms with Gasteiger partial charge in [-0.2, -0.15) is 0 Å². The first-order chi connectivity index (χ1) is 2.81. The van der Waals surface area contributed by atoms with E-state index in [4.69, 9.17) is 5.11 Å². The zero-order valence-electron chi connectivity index (χ0n) is 2.89. The Balaban J connectivity index is 3.50. The van der Waals surface area contributed by atoms with Crippen LogP contribution >= 0.6 is 15.9 Å². The van der Waals surface area contributed by atoms with E-state index in [0.717, 1.165) is 0 Å². The molecule has 0 aromatic heterocycles. The highest BCUT2D eigenvalue weighted by molar-refractivity contribution is 9.12. The van der Waals surface area contributed by atoms with Gasteiger partial charge in [0.15, 0.2) is 6.29 Å². The van der Waals surface area contributed by atoms with Gasteiger partial charge < -0.3 is 5.11 Å². The fourth-order valence-electron chi connectivity index (χ4n) is 0.0304. The second-order valence-corrected chi connectivity index (χ2v) is 1.55. The Kier molecular flexibility index (Phi) is 2.75. The van der Waals surface area contributed by atoms with Crippen molar-refractivity contribution in [3.63, 3.8) is 0 Å². The Morgan fingerprint density at radius 1 is 1.83 bits per heavy atom. The lowest BCUT2D eigenvalue weighted by Crippen LogP contribution is -1.66. The molecule has 0 amide bonds. The van der Waals surface area contributed by atoms with Crippen LogP contribution in [0.2, 0.25) is 0 Å². The van der Waals surface area contributed by atoms with Gasteiger partial charge >= 0.3 is 0 Å². The van der Waals surface area contributed by atoms with Gasteiger partial charge in [-0.05, 0) is 15.9 Å². The fourth-order valence-corrected chi connectivity index (χ4v) is 0.0304. The van der Waals surface area contributed by atoms with E-state index in [1.165, 1.54) is 0 Å². The number of rotatable bonds is 1. The molecule has 0 aromatic carbocycles. The predicted octanol–water partition coefficient (Wildman–Crippen LogP) is 0.980. The van der Waals surface area contributed by atoms with Crippen molar-refractivity contribution in [3.8, 4) is 0 Å². The van der Waals surface area contributed by atoms with Gasteiger partial charge in [0.1, 0.15) is 0 Å². The summed E-state index contributed by atoms with van der Waals surface area (Å²) in [6.45, 7) is 0. The van der Waals surface area contributed by atoms with Crippen LogP contribution in [0.15, 0.2) is 10.7 Å². The summed E-state index contributed by atoms with van der Waals surface area (Å²) in [4.78, 5) is 9.46. The van der Waals surface area contributed by atoms with Crippen molar-refractivity contribution in [2.75, 3.05) is 0 Å². The van der Waals surface area contributed by atoms with Gasteiger partial charge in [0.25, 0.3) is 0 Å². The topological polar surface area (TPSA) is 37.3 Å². The van der Waals surface area contributed by atoms with E-state index < -0.39 is 0 Å². The fraction of sp³-hybridized carbons (Fsp3) is 0. The molecule has 0 aliphatic heterocycles. The van der Waals surface area contributed by atoms with Crippen molar-refractivity contribution in [2.45, 2.75) is 0 Å². The molecule has 0 aliphatic carbocycles. The largest absolute Gasteiger partial charge is 0.514 e. The molecule has 1 N–H and O–H groups in total. The molecule has 0 fully saturated rings. The third-order valence-corrected chi connectivity index (χ3v) is 0.628. The molecular weight excluding hydrogens is 148 g/mol. The molecule has 0 atom stereocenters. The van der Waals surface area contributed by atoms with E-state index in [1.807, 2.05) is 0 Å². The number of allylic oxidation sites excluding steroid dienone is 1. The third kappa shape index (κ3) is 1.96. The molecular formula is C3H3BrO2. The van der Waals surface area contributed by atoms with Gasteiger partial charge in [-0.25, -0.2) is 0 Å². The van der Waals surface area contributed by atoms with Crippen LogP contribution < -0.4 is 0 Å². The van der Waals surface area contributed by atoms with E-state index >= 15 is 0 Å². The average Bonchev–Trinajstić information content (AvgIpc) is 1.65. The number of halogens is 1. The predicted molar refractivity (Wildman–Crippen MR) is 25.7 cm³/mol. The quantitative estimate of drug-likeness (QED) is 0.344. The SMILES string of the molecule is O=C/C(Br)=C\O. The zero-order valence-corrected chi connectivity index (χ0v) is 4.47. The van der Waals surface area contributed by atoms with Gasteiger partial charge in [0.2, 0.25) is 0 Å². The molecule has 34 valence electrons. The molecule has 0 heterocycles. The second kappa shape index (κ2) is 2.90. The summed E-state index contributed by atoms with van der Waals surface area (Å²) in [7, 11) is 0. The lowest BCUT2D eigenvalue weighted by Gasteiger charge is -1.70. The van der Waals surface area contributed by atoms with E-state index in [2.05, 4.69) is 15.9 Å². The summed E-state index contributed by atoms with van der Waals surface area (Å²) < 4.78 is 0.155. The monoisotopic (exact) mass is 150 g/mol. The van der Waals surface area contributed by atoms with Crippen molar-refractivity contribution in [1.29, 1.82) is 0 Å². The summed E-state index contributed by atoms with van der Waals surface area (Å²) in [6.07, 6.45) is 1.19. The maximum absolute atomic E-state index is 9.46. The van der Waals surface area contributed by atoms with Gasteiger partial charge in [-0.15, -0.1) is 0 Å². The smallest absolute Gasteiger partial charge is 0.160 e. The van der Waals surface area contributed by atoms with Gasteiger partial charge in [0.05, 0.1) is 10.7 Å². The van der Waals surface area contributed by atoms with Gasteiger partial charge in [-0.3, -0.25) is 4.79 Å². The highest BCUT2D eigenvalue weighted by atomic mass is 79.9. The number of aliphatic hydroxyl groups excluding tert-OH is 1. The number of hydrogen-bond acceptors (Lipinski definition) is 2. The highest BCUT2D eigenvalue weighted by Gasteiger charge is 1.78.